The first-order valence-corrected chi connectivity index (χ1v) is 12.0. The van der Waals surface area contributed by atoms with Gasteiger partial charge in [-0.25, -0.2) is 8.42 Å². The lowest BCUT2D eigenvalue weighted by molar-refractivity contribution is -0.120. The Morgan fingerprint density at radius 3 is 2.03 bits per heavy atom. The number of hydrogen-bond donors (Lipinski definition) is 1. The third-order valence-corrected chi connectivity index (χ3v) is 6.58. The number of anilines is 1. The molecule has 30 heavy (non-hydrogen) atoms. The number of amides is 1. The van der Waals surface area contributed by atoms with Crippen molar-refractivity contribution in [2.75, 3.05) is 17.1 Å². The lowest BCUT2D eigenvalue weighted by Crippen LogP contribution is -2.41. The zero-order valence-electron chi connectivity index (χ0n) is 19.3. The standard InChI is InChI=1S/C24H34N2O3S/c1-16-13-18(3)22(14-17(16)2)19(4)25-23(27)15-26(30(8,28)29)21-11-9-20(10-12-21)24(5,6)7/h9-14,19H,15H2,1-8H3,(H,25,27)/t19-/m1/s1. The molecule has 164 valence electrons. The van der Waals surface area contributed by atoms with Crippen molar-refractivity contribution in [2.45, 2.75) is 59.9 Å². The predicted molar refractivity (Wildman–Crippen MR) is 125 cm³/mol. The van der Waals surface area contributed by atoms with Crippen LogP contribution in [-0.2, 0) is 20.2 Å². The lowest BCUT2D eigenvalue weighted by atomic mass is 9.87. The van der Waals surface area contributed by atoms with Crippen molar-refractivity contribution in [1.82, 2.24) is 5.32 Å². The molecule has 0 unspecified atom stereocenters. The Hall–Kier alpha value is -2.34. The maximum absolute atomic E-state index is 12.7. The maximum Gasteiger partial charge on any atom is 0.241 e. The SMILES string of the molecule is Cc1cc(C)c([C@@H](C)NC(=O)CN(c2ccc(C(C)(C)C)cc2)S(C)(=O)=O)cc1C. The molecule has 0 saturated carbocycles. The molecule has 0 aliphatic rings. The third-order valence-electron chi connectivity index (χ3n) is 5.44. The largest absolute Gasteiger partial charge is 0.348 e. The molecular weight excluding hydrogens is 396 g/mol. The number of sulfonamides is 1. The molecule has 0 aliphatic heterocycles. The summed E-state index contributed by atoms with van der Waals surface area (Å²) in [5.74, 6) is -0.342. The zero-order chi connectivity index (χ0) is 22.9. The molecule has 1 atom stereocenters. The second-order valence-electron chi connectivity index (χ2n) is 9.15. The molecule has 0 bridgehead atoms. The number of carbonyl (C=O) groups excluding carboxylic acids is 1. The minimum Gasteiger partial charge on any atom is -0.348 e. The number of benzene rings is 2. The van der Waals surface area contributed by atoms with Gasteiger partial charge < -0.3 is 5.32 Å². The van der Waals surface area contributed by atoms with Gasteiger partial charge in [-0.2, -0.15) is 0 Å². The summed E-state index contributed by atoms with van der Waals surface area (Å²) in [5, 5.41) is 2.95. The fourth-order valence-corrected chi connectivity index (χ4v) is 4.33. The zero-order valence-corrected chi connectivity index (χ0v) is 20.1. The van der Waals surface area contributed by atoms with Gasteiger partial charge in [-0.3, -0.25) is 9.10 Å². The van der Waals surface area contributed by atoms with Crippen molar-refractivity contribution in [3.05, 3.63) is 64.2 Å². The van der Waals surface area contributed by atoms with E-state index in [1.165, 1.54) is 5.56 Å². The average molecular weight is 431 g/mol. The van der Waals surface area contributed by atoms with Crippen LogP contribution in [0.3, 0.4) is 0 Å². The molecule has 0 saturated heterocycles. The van der Waals surface area contributed by atoms with Crippen LogP contribution in [0.15, 0.2) is 36.4 Å². The van der Waals surface area contributed by atoms with Gasteiger partial charge in [0.15, 0.2) is 0 Å². The van der Waals surface area contributed by atoms with Gasteiger partial charge in [-0.1, -0.05) is 45.0 Å². The van der Waals surface area contributed by atoms with Crippen molar-refractivity contribution in [3.63, 3.8) is 0 Å². The van der Waals surface area contributed by atoms with Crippen LogP contribution >= 0.6 is 0 Å². The quantitative estimate of drug-likeness (QED) is 0.731. The van der Waals surface area contributed by atoms with Gasteiger partial charge >= 0.3 is 0 Å². The summed E-state index contributed by atoms with van der Waals surface area (Å²) in [5.41, 5.74) is 6.05. The predicted octanol–water partition coefficient (Wildman–Crippen LogP) is 4.55. The number of nitrogens with one attached hydrogen (secondary N) is 1. The Labute approximate surface area is 181 Å². The van der Waals surface area contributed by atoms with Gasteiger partial charge in [0.25, 0.3) is 0 Å². The highest BCUT2D eigenvalue weighted by atomic mass is 32.2. The molecule has 1 amide bonds. The molecule has 0 aromatic heterocycles. The van der Waals surface area contributed by atoms with E-state index in [-0.39, 0.29) is 23.9 Å². The molecule has 6 heteroatoms. The minimum atomic E-state index is -3.61. The first kappa shape index (κ1) is 23.9. The Morgan fingerprint density at radius 2 is 1.53 bits per heavy atom. The van der Waals surface area contributed by atoms with Crippen LogP contribution in [-0.4, -0.2) is 27.1 Å². The highest BCUT2D eigenvalue weighted by Gasteiger charge is 2.23. The molecule has 2 aromatic carbocycles. The Morgan fingerprint density at radius 1 is 1.00 bits per heavy atom. The second-order valence-corrected chi connectivity index (χ2v) is 11.1. The second kappa shape index (κ2) is 8.80. The van der Waals surface area contributed by atoms with E-state index in [0.29, 0.717) is 5.69 Å². The van der Waals surface area contributed by atoms with Gasteiger partial charge in [0.05, 0.1) is 18.0 Å². The van der Waals surface area contributed by atoms with Crippen LogP contribution in [0.2, 0.25) is 0 Å². The molecule has 0 aliphatic carbocycles. The van der Waals surface area contributed by atoms with Gasteiger partial charge in [0, 0.05) is 0 Å². The smallest absolute Gasteiger partial charge is 0.241 e. The topological polar surface area (TPSA) is 66.5 Å². The minimum absolute atomic E-state index is 0.0364. The summed E-state index contributed by atoms with van der Waals surface area (Å²) < 4.78 is 25.9. The summed E-state index contributed by atoms with van der Waals surface area (Å²) in [7, 11) is -3.61. The Balaban J connectivity index is 2.21. The molecule has 0 radical (unpaired) electrons. The normalized spacial score (nSPS) is 13.1. The lowest BCUT2D eigenvalue weighted by Gasteiger charge is -2.25. The average Bonchev–Trinajstić information content (AvgIpc) is 2.61. The Bertz CT molecular complexity index is 1020. The molecule has 1 N–H and O–H groups in total. The molecule has 2 rings (SSSR count). The van der Waals surface area contributed by atoms with Crippen molar-refractivity contribution in [2.24, 2.45) is 0 Å². The fraction of sp³-hybridized carbons (Fsp3) is 0.458. The van der Waals surface area contributed by atoms with Crippen molar-refractivity contribution >= 4 is 21.6 Å². The van der Waals surface area contributed by atoms with Crippen LogP contribution < -0.4 is 9.62 Å². The van der Waals surface area contributed by atoms with Gasteiger partial charge in [0.2, 0.25) is 15.9 Å². The highest BCUT2D eigenvalue weighted by Crippen LogP contribution is 2.26. The van der Waals surface area contributed by atoms with Crippen molar-refractivity contribution < 1.29 is 13.2 Å². The van der Waals surface area contributed by atoms with E-state index in [0.717, 1.165) is 32.8 Å². The first-order chi connectivity index (χ1) is 13.7. The van der Waals surface area contributed by atoms with E-state index in [1.807, 2.05) is 32.9 Å². The van der Waals surface area contributed by atoms with Crippen LogP contribution in [0.4, 0.5) is 5.69 Å². The van der Waals surface area contributed by atoms with Crippen molar-refractivity contribution in [3.8, 4) is 0 Å². The van der Waals surface area contributed by atoms with Crippen molar-refractivity contribution in [1.29, 1.82) is 0 Å². The van der Waals surface area contributed by atoms with Gasteiger partial charge in [0.1, 0.15) is 6.54 Å². The van der Waals surface area contributed by atoms with Crippen LogP contribution in [0.5, 0.6) is 0 Å². The number of hydrogen-bond acceptors (Lipinski definition) is 3. The van der Waals surface area contributed by atoms with E-state index in [9.17, 15) is 13.2 Å². The summed E-state index contributed by atoms with van der Waals surface area (Å²) >= 11 is 0. The van der Waals surface area contributed by atoms with E-state index in [1.54, 1.807) is 12.1 Å². The molecule has 5 nitrogen and oxygen atoms in total. The fourth-order valence-electron chi connectivity index (χ4n) is 3.47. The monoisotopic (exact) mass is 430 g/mol. The summed E-state index contributed by atoms with van der Waals surface area (Å²) in [6.45, 7) is 14.1. The van der Waals surface area contributed by atoms with E-state index < -0.39 is 10.0 Å². The van der Waals surface area contributed by atoms with Gasteiger partial charge in [-0.15, -0.1) is 0 Å². The number of nitrogens with zero attached hydrogens (tertiary/aromatic N) is 1. The number of rotatable bonds is 6. The molecule has 0 spiro atoms. The number of carbonyl (C=O) groups is 1. The molecular formula is C24H34N2O3S. The van der Waals surface area contributed by atoms with Crippen LogP contribution in [0.25, 0.3) is 0 Å². The summed E-state index contributed by atoms with van der Waals surface area (Å²) in [6.07, 6.45) is 1.12. The van der Waals surface area contributed by atoms with E-state index in [4.69, 9.17) is 0 Å². The summed E-state index contributed by atoms with van der Waals surface area (Å²) in [6, 6.07) is 11.3. The molecule has 2 aromatic rings. The highest BCUT2D eigenvalue weighted by molar-refractivity contribution is 7.92. The van der Waals surface area contributed by atoms with E-state index >= 15 is 0 Å². The number of aryl methyl sites for hydroxylation is 3. The molecule has 0 fully saturated rings. The Kier molecular flexibility index (Phi) is 7.02. The van der Waals surface area contributed by atoms with Crippen LogP contribution in [0.1, 0.15) is 61.6 Å². The van der Waals surface area contributed by atoms with E-state index in [2.05, 4.69) is 45.1 Å². The van der Waals surface area contributed by atoms with Gasteiger partial charge in [-0.05, 0) is 73.1 Å². The summed E-state index contributed by atoms with van der Waals surface area (Å²) in [4.78, 5) is 12.7. The molecule has 0 heterocycles. The maximum atomic E-state index is 12.7. The first-order valence-electron chi connectivity index (χ1n) is 10.2. The third kappa shape index (κ3) is 5.85. The van der Waals surface area contributed by atoms with Crippen LogP contribution in [0, 0.1) is 20.8 Å².